The van der Waals surface area contributed by atoms with Crippen LogP contribution < -0.4 is 0 Å². The van der Waals surface area contributed by atoms with Crippen LogP contribution in [0.4, 0.5) is 0 Å². The molecule has 0 aromatic carbocycles. The van der Waals surface area contributed by atoms with Gasteiger partial charge in [0.15, 0.2) is 0 Å². The number of hydrogen-bond acceptors (Lipinski definition) is 2. The fourth-order valence-electron chi connectivity index (χ4n) is 1.54. The normalized spacial score (nSPS) is 14.8. The summed E-state index contributed by atoms with van der Waals surface area (Å²) < 4.78 is 0. The van der Waals surface area contributed by atoms with Gasteiger partial charge < -0.3 is 0 Å². The van der Waals surface area contributed by atoms with Crippen molar-refractivity contribution in [1.82, 2.24) is 4.98 Å². The van der Waals surface area contributed by atoms with Gasteiger partial charge in [0, 0.05) is 23.7 Å². The number of pyridine rings is 1. The zero-order valence-corrected chi connectivity index (χ0v) is 7.41. The Morgan fingerprint density at radius 2 is 2.25 bits per heavy atom. The van der Waals surface area contributed by atoms with E-state index in [1.165, 1.54) is 16.8 Å². The van der Waals surface area contributed by atoms with E-state index in [4.69, 9.17) is 0 Å². The molecule has 0 aliphatic carbocycles. The van der Waals surface area contributed by atoms with E-state index in [-0.39, 0.29) is 0 Å². The van der Waals surface area contributed by atoms with Gasteiger partial charge in [0.05, 0.1) is 6.54 Å². The highest BCUT2D eigenvalue weighted by Gasteiger charge is 2.17. The molecule has 2 heteroatoms. The molecule has 2 heterocycles. The fourth-order valence-corrected chi connectivity index (χ4v) is 1.54. The summed E-state index contributed by atoms with van der Waals surface area (Å²) in [7, 11) is 0. The third-order valence-electron chi connectivity index (χ3n) is 2.15. The van der Waals surface area contributed by atoms with Gasteiger partial charge in [0.1, 0.15) is 0 Å². The van der Waals surface area contributed by atoms with Crippen molar-refractivity contribution in [2.75, 3.05) is 0 Å². The van der Waals surface area contributed by atoms with Gasteiger partial charge in [-0.2, -0.15) is 0 Å². The number of aliphatic imine (C=N–C) groups is 1. The van der Waals surface area contributed by atoms with Gasteiger partial charge in [-0.3, -0.25) is 9.98 Å². The summed E-state index contributed by atoms with van der Waals surface area (Å²) in [5, 5.41) is 0. The van der Waals surface area contributed by atoms with Crippen molar-refractivity contribution < 1.29 is 0 Å². The Morgan fingerprint density at radius 1 is 1.42 bits per heavy atom. The predicted molar refractivity (Wildman–Crippen MR) is 49.3 cm³/mol. The molecular formula is C10H12N2. The number of aromatic nitrogens is 1. The van der Waals surface area contributed by atoms with Gasteiger partial charge in [-0.15, -0.1) is 0 Å². The molecule has 0 N–H and O–H groups in total. The summed E-state index contributed by atoms with van der Waals surface area (Å²) in [6.07, 6.45) is 3.75. The van der Waals surface area contributed by atoms with Crippen LogP contribution in [-0.2, 0) is 6.54 Å². The molecule has 0 spiro atoms. The molecule has 0 bridgehead atoms. The molecule has 62 valence electrons. The molecule has 0 amide bonds. The number of nitrogens with zero attached hydrogens (tertiary/aromatic N) is 2. The molecule has 2 rings (SSSR count). The van der Waals surface area contributed by atoms with Crippen LogP contribution >= 0.6 is 0 Å². The van der Waals surface area contributed by atoms with Crippen LogP contribution in [-0.4, -0.2) is 10.7 Å². The minimum Gasteiger partial charge on any atom is -0.284 e. The van der Waals surface area contributed by atoms with Gasteiger partial charge in [0.25, 0.3) is 0 Å². The van der Waals surface area contributed by atoms with Crippen LogP contribution in [0.2, 0.25) is 0 Å². The maximum atomic E-state index is 4.48. The van der Waals surface area contributed by atoms with E-state index < -0.39 is 0 Å². The Balaban J connectivity index is 2.45. The standard InChI is InChI=1S/C10H12N2/c1-7(2)10-9-6-11-4-3-8(9)5-12-10/h3-4,6-7H,5H2,1-2H3. The van der Waals surface area contributed by atoms with E-state index in [1.54, 1.807) is 0 Å². The predicted octanol–water partition coefficient (Wildman–Crippen LogP) is 2.04. The Hall–Kier alpha value is -1.18. The zero-order valence-electron chi connectivity index (χ0n) is 7.41. The Labute approximate surface area is 72.4 Å². The first-order chi connectivity index (χ1) is 5.79. The summed E-state index contributed by atoms with van der Waals surface area (Å²) in [4.78, 5) is 8.59. The summed E-state index contributed by atoms with van der Waals surface area (Å²) >= 11 is 0. The maximum Gasteiger partial charge on any atom is 0.0651 e. The number of hydrogen-bond donors (Lipinski definition) is 0. The lowest BCUT2D eigenvalue weighted by atomic mass is 10.0. The van der Waals surface area contributed by atoms with Gasteiger partial charge in [-0.05, 0) is 17.5 Å². The highest BCUT2D eigenvalue weighted by molar-refractivity contribution is 6.04. The van der Waals surface area contributed by atoms with E-state index in [0.29, 0.717) is 5.92 Å². The Morgan fingerprint density at radius 3 is 3.00 bits per heavy atom. The molecule has 1 aliphatic heterocycles. The lowest BCUT2D eigenvalue weighted by Gasteiger charge is -2.04. The molecule has 1 aromatic rings. The summed E-state index contributed by atoms with van der Waals surface area (Å²) in [6.45, 7) is 5.17. The molecular weight excluding hydrogens is 148 g/mol. The quantitative estimate of drug-likeness (QED) is 0.617. The van der Waals surface area contributed by atoms with Gasteiger partial charge in [-0.1, -0.05) is 13.8 Å². The summed E-state index contributed by atoms with van der Waals surface area (Å²) in [6, 6.07) is 2.05. The van der Waals surface area contributed by atoms with Crippen molar-refractivity contribution >= 4 is 5.71 Å². The van der Waals surface area contributed by atoms with Crippen molar-refractivity contribution in [3.05, 3.63) is 29.6 Å². The molecule has 0 radical (unpaired) electrons. The van der Waals surface area contributed by atoms with E-state index >= 15 is 0 Å². The fraction of sp³-hybridized carbons (Fsp3) is 0.400. The first kappa shape index (κ1) is 7.47. The number of rotatable bonds is 1. The summed E-state index contributed by atoms with van der Waals surface area (Å²) in [5.41, 5.74) is 3.76. The van der Waals surface area contributed by atoms with Crippen molar-refractivity contribution in [2.24, 2.45) is 10.9 Å². The molecule has 1 aliphatic rings. The highest BCUT2D eigenvalue weighted by atomic mass is 14.8. The van der Waals surface area contributed by atoms with Crippen LogP contribution in [0.5, 0.6) is 0 Å². The minimum absolute atomic E-state index is 0.510. The van der Waals surface area contributed by atoms with Crippen LogP contribution in [0.3, 0.4) is 0 Å². The molecule has 0 fully saturated rings. The molecule has 2 nitrogen and oxygen atoms in total. The van der Waals surface area contributed by atoms with Crippen molar-refractivity contribution in [3.63, 3.8) is 0 Å². The average molecular weight is 160 g/mol. The second kappa shape index (κ2) is 2.70. The molecule has 12 heavy (non-hydrogen) atoms. The first-order valence-corrected chi connectivity index (χ1v) is 4.26. The van der Waals surface area contributed by atoms with Gasteiger partial charge in [-0.25, -0.2) is 0 Å². The Bertz CT molecular complexity index is 326. The van der Waals surface area contributed by atoms with E-state index in [9.17, 15) is 0 Å². The third kappa shape index (κ3) is 1.04. The maximum absolute atomic E-state index is 4.48. The monoisotopic (exact) mass is 160 g/mol. The molecule has 0 atom stereocenters. The van der Waals surface area contributed by atoms with E-state index in [1.807, 2.05) is 18.5 Å². The SMILES string of the molecule is CC(C)C1=NCc2ccncc21. The molecule has 1 aromatic heterocycles. The smallest absolute Gasteiger partial charge is 0.0651 e. The lowest BCUT2D eigenvalue weighted by Crippen LogP contribution is -2.06. The second-order valence-electron chi connectivity index (χ2n) is 3.39. The topological polar surface area (TPSA) is 25.2 Å². The molecule has 0 saturated carbocycles. The highest BCUT2D eigenvalue weighted by Crippen LogP contribution is 2.21. The van der Waals surface area contributed by atoms with Crippen molar-refractivity contribution in [3.8, 4) is 0 Å². The van der Waals surface area contributed by atoms with E-state index in [2.05, 4.69) is 23.8 Å². The molecule has 0 unspecified atom stereocenters. The van der Waals surface area contributed by atoms with Crippen LogP contribution in [0.25, 0.3) is 0 Å². The number of fused-ring (bicyclic) bond motifs is 1. The zero-order chi connectivity index (χ0) is 8.55. The minimum atomic E-state index is 0.510. The second-order valence-corrected chi connectivity index (χ2v) is 3.39. The van der Waals surface area contributed by atoms with Crippen molar-refractivity contribution in [1.29, 1.82) is 0 Å². The molecule has 0 saturated heterocycles. The first-order valence-electron chi connectivity index (χ1n) is 4.26. The van der Waals surface area contributed by atoms with Gasteiger partial charge >= 0.3 is 0 Å². The van der Waals surface area contributed by atoms with E-state index in [0.717, 1.165) is 6.54 Å². The summed E-state index contributed by atoms with van der Waals surface area (Å²) in [5.74, 6) is 0.510. The third-order valence-corrected chi connectivity index (χ3v) is 2.15. The van der Waals surface area contributed by atoms with Crippen LogP contribution in [0, 0.1) is 5.92 Å². The van der Waals surface area contributed by atoms with Gasteiger partial charge in [0.2, 0.25) is 0 Å². The lowest BCUT2D eigenvalue weighted by molar-refractivity contribution is 0.882. The largest absolute Gasteiger partial charge is 0.284 e. The van der Waals surface area contributed by atoms with Crippen LogP contribution in [0.15, 0.2) is 23.5 Å². The van der Waals surface area contributed by atoms with Crippen molar-refractivity contribution in [2.45, 2.75) is 20.4 Å². The Kier molecular flexibility index (Phi) is 1.68. The van der Waals surface area contributed by atoms with Crippen LogP contribution in [0.1, 0.15) is 25.0 Å². The average Bonchev–Trinajstić information content (AvgIpc) is 2.47.